The lowest BCUT2D eigenvalue weighted by atomic mass is 10.1. The fraction of sp³-hybridized carbons (Fsp3) is 0.267. The van der Waals surface area contributed by atoms with Gasteiger partial charge in [-0.3, -0.25) is 4.99 Å². The van der Waals surface area contributed by atoms with Crippen molar-refractivity contribution in [1.29, 1.82) is 0 Å². The lowest BCUT2D eigenvalue weighted by Gasteiger charge is -2.14. The highest BCUT2D eigenvalue weighted by atomic mass is 32.2. The van der Waals surface area contributed by atoms with E-state index in [0.29, 0.717) is 6.54 Å². The van der Waals surface area contributed by atoms with Crippen LogP contribution in [0.2, 0.25) is 0 Å². The minimum atomic E-state index is -3.60. The van der Waals surface area contributed by atoms with Gasteiger partial charge in [0, 0.05) is 18.2 Å². The van der Waals surface area contributed by atoms with E-state index < -0.39 is 9.84 Å². The third-order valence-electron chi connectivity index (χ3n) is 3.44. The highest BCUT2D eigenvalue weighted by Crippen LogP contribution is 2.35. The SMILES string of the molecule is COc1nc(S(C)(=O)=O)nc(Nc2ccc3c(c2)C=NC3)c1OC. The summed E-state index contributed by atoms with van der Waals surface area (Å²) < 4.78 is 34.0. The van der Waals surface area contributed by atoms with Crippen LogP contribution in [0.25, 0.3) is 0 Å². The van der Waals surface area contributed by atoms with Crippen molar-refractivity contribution in [2.24, 2.45) is 4.99 Å². The number of anilines is 2. The third-order valence-corrected chi connectivity index (χ3v) is 4.29. The molecule has 3 rings (SSSR count). The Morgan fingerprint density at radius 1 is 1.17 bits per heavy atom. The van der Waals surface area contributed by atoms with Crippen LogP contribution in [0.5, 0.6) is 11.6 Å². The minimum absolute atomic E-state index is 0.0400. The van der Waals surface area contributed by atoms with Gasteiger partial charge in [0.25, 0.3) is 11.0 Å². The summed E-state index contributed by atoms with van der Waals surface area (Å²) in [4.78, 5) is 12.2. The number of ether oxygens (including phenoxy) is 2. The number of nitrogens with zero attached hydrogens (tertiary/aromatic N) is 3. The molecular weight excluding hydrogens is 332 g/mol. The van der Waals surface area contributed by atoms with E-state index in [2.05, 4.69) is 20.3 Å². The van der Waals surface area contributed by atoms with E-state index in [0.717, 1.165) is 23.1 Å². The summed E-state index contributed by atoms with van der Waals surface area (Å²) in [7, 11) is -0.790. The molecule has 2 aromatic rings. The van der Waals surface area contributed by atoms with Gasteiger partial charge < -0.3 is 14.8 Å². The lowest BCUT2D eigenvalue weighted by molar-refractivity contribution is 0.338. The van der Waals surface area contributed by atoms with E-state index in [9.17, 15) is 8.42 Å². The first-order chi connectivity index (χ1) is 11.4. The molecule has 126 valence electrons. The van der Waals surface area contributed by atoms with E-state index in [1.807, 2.05) is 18.2 Å². The van der Waals surface area contributed by atoms with Gasteiger partial charge in [0.05, 0.1) is 20.8 Å². The number of rotatable bonds is 5. The lowest BCUT2D eigenvalue weighted by Crippen LogP contribution is -2.10. The molecule has 1 aromatic heterocycles. The van der Waals surface area contributed by atoms with Gasteiger partial charge >= 0.3 is 0 Å². The highest BCUT2D eigenvalue weighted by molar-refractivity contribution is 7.90. The van der Waals surface area contributed by atoms with Crippen molar-refractivity contribution < 1.29 is 17.9 Å². The second kappa shape index (κ2) is 6.08. The Morgan fingerprint density at radius 3 is 2.62 bits per heavy atom. The van der Waals surface area contributed by atoms with Crippen molar-refractivity contribution in [2.45, 2.75) is 11.7 Å². The molecule has 0 saturated carbocycles. The Bertz CT molecular complexity index is 925. The topological polar surface area (TPSA) is 103 Å². The number of methoxy groups -OCH3 is 2. The summed E-state index contributed by atoms with van der Waals surface area (Å²) in [6, 6.07) is 5.72. The normalized spacial score (nSPS) is 12.8. The molecule has 9 heteroatoms. The fourth-order valence-electron chi connectivity index (χ4n) is 2.30. The van der Waals surface area contributed by atoms with Crippen LogP contribution in [0.4, 0.5) is 11.5 Å². The number of aromatic nitrogens is 2. The Labute approximate surface area is 139 Å². The van der Waals surface area contributed by atoms with Crippen LogP contribution in [-0.2, 0) is 16.4 Å². The Hall–Kier alpha value is -2.68. The molecule has 1 N–H and O–H groups in total. The maximum absolute atomic E-state index is 11.8. The molecule has 0 aliphatic carbocycles. The summed E-state index contributed by atoms with van der Waals surface area (Å²) in [6.07, 6.45) is 2.82. The minimum Gasteiger partial charge on any atom is -0.489 e. The average molecular weight is 348 g/mol. The Balaban J connectivity index is 2.07. The van der Waals surface area contributed by atoms with E-state index in [4.69, 9.17) is 9.47 Å². The molecule has 8 nitrogen and oxygen atoms in total. The van der Waals surface area contributed by atoms with Gasteiger partial charge in [-0.2, -0.15) is 9.97 Å². The number of fused-ring (bicyclic) bond motifs is 1. The molecule has 1 aromatic carbocycles. The second-order valence-electron chi connectivity index (χ2n) is 5.18. The van der Waals surface area contributed by atoms with Gasteiger partial charge in [0.2, 0.25) is 15.6 Å². The zero-order valence-electron chi connectivity index (χ0n) is 13.4. The van der Waals surface area contributed by atoms with Gasteiger partial charge in [-0.05, 0) is 23.3 Å². The van der Waals surface area contributed by atoms with Crippen LogP contribution in [0.1, 0.15) is 11.1 Å². The molecule has 0 spiro atoms. The zero-order valence-corrected chi connectivity index (χ0v) is 14.2. The van der Waals surface area contributed by atoms with E-state index in [1.165, 1.54) is 14.2 Å². The Morgan fingerprint density at radius 2 is 1.96 bits per heavy atom. The standard InChI is InChI=1S/C15H16N4O4S/c1-22-12-13(18-15(24(3,20)21)19-14(12)23-2)17-11-5-4-9-7-16-8-10(9)6-11/h4-6,8H,7H2,1-3H3,(H,17,18,19). The molecule has 0 fully saturated rings. The van der Waals surface area contributed by atoms with Gasteiger partial charge in [-0.25, -0.2) is 8.42 Å². The Kier molecular flexibility index (Phi) is 4.10. The first-order valence-electron chi connectivity index (χ1n) is 7.02. The van der Waals surface area contributed by atoms with Crippen LogP contribution in [0, 0.1) is 0 Å². The molecule has 0 atom stereocenters. The van der Waals surface area contributed by atoms with Crippen LogP contribution in [0.3, 0.4) is 0 Å². The molecule has 1 aliphatic rings. The van der Waals surface area contributed by atoms with Crippen molar-refractivity contribution in [3.8, 4) is 11.6 Å². The number of nitrogens with one attached hydrogen (secondary N) is 1. The van der Waals surface area contributed by atoms with Crippen molar-refractivity contribution in [2.75, 3.05) is 25.8 Å². The van der Waals surface area contributed by atoms with Gasteiger partial charge in [0.15, 0.2) is 5.82 Å². The van der Waals surface area contributed by atoms with Crippen LogP contribution >= 0.6 is 0 Å². The van der Waals surface area contributed by atoms with Crippen LogP contribution in [-0.4, -0.2) is 45.1 Å². The van der Waals surface area contributed by atoms with Crippen molar-refractivity contribution in [3.63, 3.8) is 0 Å². The molecule has 0 radical (unpaired) electrons. The van der Waals surface area contributed by atoms with Crippen molar-refractivity contribution in [1.82, 2.24) is 9.97 Å². The largest absolute Gasteiger partial charge is 0.489 e. The molecule has 24 heavy (non-hydrogen) atoms. The summed E-state index contributed by atoms with van der Waals surface area (Å²) in [6.45, 7) is 0.665. The smallest absolute Gasteiger partial charge is 0.263 e. The van der Waals surface area contributed by atoms with E-state index in [1.54, 1.807) is 6.21 Å². The predicted molar refractivity (Wildman–Crippen MR) is 89.3 cm³/mol. The first-order valence-corrected chi connectivity index (χ1v) is 8.91. The van der Waals surface area contributed by atoms with Crippen molar-refractivity contribution in [3.05, 3.63) is 29.3 Å². The quantitative estimate of drug-likeness (QED) is 0.818. The second-order valence-corrected chi connectivity index (χ2v) is 7.09. The maximum atomic E-state index is 11.8. The predicted octanol–water partition coefficient (Wildman–Crippen LogP) is 1.57. The zero-order chi connectivity index (χ0) is 17.3. The van der Waals surface area contributed by atoms with E-state index in [-0.39, 0.29) is 22.6 Å². The molecule has 1 aliphatic heterocycles. The number of benzene rings is 1. The average Bonchev–Trinajstić information content (AvgIpc) is 3.00. The van der Waals surface area contributed by atoms with Crippen LogP contribution in [0.15, 0.2) is 28.3 Å². The van der Waals surface area contributed by atoms with Gasteiger partial charge in [-0.15, -0.1) is 0 Å². The highest BCUT2D eigenvalue weighted by Gasteiger charge is 2.21. The molecule has 2 heterocycles. The molecule has 0 saturated heterocycles. The summed E-state index contributed by atoms with van der Waals surface area (Å²) in [5, 5.41) is 2.72. The number of hydrogen-bond acceptors (Lipinski definition) is 8. The fourth-order valence-corrected chi connectivity index (χ4v) is 2.80. The van der Waals surface area contributed by atoms with E-state index >= 15 is 0 Å². The van der Waals surface area contributed by atoms with Gasteiger partial charge in [0.1, 0.15) is 0 Å². The summed E-state index contributed by atoms with van der Waals surface area (Å²) in [5.41, 5.74) is 2.86. The summed E-state index contributed by atoms with van der Waals surface area (Å²) in [5.74, 6) is 0.469. The van der Waals surface area contributed by atoms with Crippen molar-refractivity contribution >= 4 is 27.6 Å². The maximum Gasteiger partial charge on any atom is 0.263 e. The molecule has 0 bridgehead atoms. The molecule has 0 unspecified atom stereocenters. The monoisotopic (exact) mass is 348 g/mol. The molecule has 0 amide bonds. The number of hydrogen-bond donors (Lipinski definition) is 1. The third kappa shape index (κ3) is 3.02. The first kappa shape index (κ1) is 16.2. The van der Waals surface area contributed by atoms with Crippen LogP contribution < -0.4 is 14.8 Å². The number of aliphatic imine (C=N–C) groups is 1. The number of sulfone groups is 1. The summed E-state index contributed by atoms with van der Waals surface area (Å²) >= 11 is 0. The molecular formula is C15H16N4O4S. The van der Waals surface area contributed by atoms with Gasteiger partial charge in [-0.1, -0.05) is 6.07 Å².